The first kappa shape index (κ1) is 16.2. The molecular weight excluding hydrogens is 359 g/mol. The number of halogens is 2. The maximum absolute atomic E-state index is 6.41. The Kier molecular flexibility index (Phi) is 4.27. The van der Waals surface area contributed by atoms with Crippen molar-refractivity contribution in [3.63, 3.8) is 0 Å². The van der Waals surface area contributed by atoms with Crippen molar-refractivity contribution >= 4 is 29.2 Å². The quantitative estimate of drug-likeness (QED) is 0.719. The van der Waals surface area contributed by atoms with Crippen LogP contribution < -0.4 is 10.1 Å². The average molecular weight is 375 g/mol. The molecule has 0 saturated heterocycles. The monoisotopic (exact) mass is 374 g/mol. The first-order chi connectivity index (χ1) is 12.2. The molecule has 0 unspecified atom stereocenters. The molecule has 7 heteroatoms. The molecule has 0 spiro atoms. The molecule has 0 amide bonds. The van der Waals surface area contributed by atoms with Gasteiger partial charge in [0, 0.05) is 10.0 Å². The Labute approximate surface area is 155 Å². The summed E-state index contributed by atoms with van der Waals surface area (Å²) >= 11 is 12.4. The van der Waals surface area contributed by atoms with E-state index in [1.165, 1.54) is 0 Å². The smallest absolute Gasteiger partial charge is 0.222 e. The second-order valence-electron chi connectivity index (χ2n) is 5.92. The molecule has 2 atom stereocenters. The van der Waals surface area contributed by atoms with Gasteiger partial charge in [-0.2, -0.15) is 10.1 Å². The number of benzene rings is 2. The predicted molar refractivity (Wildman–Crippen MR) is 98.6 cm³/mol. The summed E-state index contributed by atoms with van der Waals surface area (Å²) in [6.07, 6.45) is 2.36. The third kappa shape index (κ3) is 3.05. The van der Waals surface area contributed by atoms with E-state index >= 15 is 0 Å². The predicted octanol–water partition coefficient (Wildman–Crippen LogP) is 4.74. The molecule has 2 aromatic carbocycles. The van der Waals surface area contributed by atoms with Gasteiger partial charge in [-0.15, -0.1) is 0 Å². The Bertz CT molecular complexity index is 894. The van der Waals surface area contributed by atoms with Gasteiger partial charge in [0.05, 0.1) is 19.2 Å². The maximum atomic E-state index is 6.41. The molecule has 0 bridgehead atoms. The molecule has 128 valence electrons. The number of aromatic nitrogens is 3. The normalized spacial score (nSPS) is 19.2. The van der Waals surface area contributed by atoms with Crippen molar-refractivity contribution in [1.29, 1.82) is 0 Å². The molecule has 25 heavy (non-hydrogen) atoms. The largest absolute Gasteiger partial charge is 0.497 e. The van der Waals surface area contributed by atoms with Crippen LogP contribution in [0.1, 0.15) is 29.6 Å². The number of nitrogens with one attached hydrogen (secondary N) is 1. The van der Waals surface area contributed by atoms with Gasteiger partial charge < -0.3 is 10.1 Å². The van der Waals surface area contributed by atoms with E-state index in [9.17, 15) is 0 Å². The molecule has 3 aromatic rings. The topological polar surface area (TPSA) is 52.0 Å². The van der Waals surface area contributed by atoms with Gasteiger partial charge in [-0.3, -0.25) is 0 Å². The number of rotatable bonds is 3. The minimum atomic E-state index is 0.0218. The minimum absolute atomic E-state index is 0.0218. The van der Waals surface area contributed by atoms with Crippen molar-refractivity contribution in [2.45, 2.75) is 18.5 Å². The first-order valence-electron chi connectivity index (χ1n) is 7.90. The average Bonchev–Trinajstić information content (AvgIpc) is 3.09. The zero-order valence-electron chi connectivity index (χ0n) is 13.5. The fourth-order valence-electron chi connectivity index (χ4n) is 3.21. The second kappa shape index (κ2) is 6.58. The summed E-state index contributed by atoms with van der Waals surface area (Å²) in [5.41, 5.74) is 2.14. The Morgan fingerprint density at radius 3 is 2.68 bits per heavy atom. The van der Waals surface area contributed by atoms with Gasteiger partial charge in [-0.1, -0.05) is 41.4 Å². The SMILES string of the molecule is COc1ccc([C@H]2C[C@@H](c3ccc(Cl)cc3Cl)Nc3ncnn32)cc1. The number of nitrogens with zero attached hydrogens (tertiary/aromatic N) is 3. The number of hydrogen-bond acceptors (Lipinski definition) is 4. The zero-order chi connectivity index (χ0) is 17.4. The van der Waals surface area contributed by atoms with E-state index in [2.05, 4.69) is 27.5 Å². The number of anilines is 1. The summed E-state index contributed by atoms with van der Waals surface area (Å²) in [4.78, 5) is 4.34. The fourth-order valence-corrected chi connectivity index (χ4v) is 3.75. The van der Waals surface area contributed by atoms with Crippen LogP contribution in [-0.2, 0) is 0 Å². The van der Waals surface area contributed by atoms with Crippen LogP contribution in [0.15, 0.2) is 48.8 Å². The van der Waals surface area contributed by atoms with Gasteiger partial charge in [0.2, 0.25) is 5.95 Å². The number of methoxy groups -OCH3 is 1. The Morgan fingerprint density at radius 1 is 1.16 bits per heavy atom. The summed E-state index contributed by atoms with van der Waals surface area (Å²) in [7, 11) is 1.66. The molecule has 1 N–H and O–H groups in total. The van der Waals surface area contributed by atoms with E-state index in [-0.39, 0.29) is 12.1 Å². The fraction of sp³-hybridized carbons (Fsp3) is 0.222. The van der Waals surface area contributed by atoms with E-state index in [4.69, 9.17) is 27.9 Å². The van der Waals surface area contributed by atoms with Crippen LogP contribution >= 0.6 is 23.2 Å². The lowest BCUT2D eigenvalue weighted by molar-refractivity contribution is 0.411. The molecule has 0 radical (unpaired) electrons. The highest BCUT2D eigenvalue weighted by Gasteiger charge is 2.30. The molecule has 1 aliphatic heterocycles. The van der Waals surface area contributed by atoms with Gasteiger partial charge in [0.1, 0.15) is 12.1 Å². The van der Waals surface area contributed by atoms with Gasteiger partial charge in [0.25, 0.3) is 0 Å². The van der Waals surface area contributed by atoms with E-state index in [1.54, 1.807) is 19.5 Å². The van der Waals surface area contributed by atoms with Crippen LogP contribution in [0, 0.1) is 0 Å². The number of hydrogen-bond donors (Lipinski definition) is 1. The lowest BCUT2D eigenvalue weighted by atomic mass is 9.93. The molecule has 5 nitrogen and oxygen atoms in total. The summed E-state index contributed by atoms with van der Waals surface area (Å²) in [6.45, 7) is 0. The van der Waals surface area contributed by atoms with Gasteiger partial charge in [0.15, 0.2) is 0 Å². The molecular formula is C18H16Cl2N4O. The molecule has 1 aliphatic rings. The summed E-state index contributed by atoms with van der Waals surface area (Å²) in [5.74, 6) is 1.55. The van der Waals surface area contributed by atoms with Crippen LogP contribution in [0.25, 0.3) is 0 Å². The lowest BCUT2D eigenvalue weighted by Crippen LogP contribution is -2.28. The van der Waals surface area contributed by atoms with Crippen LogP contribution in [0.4, 0.5) is 5.95 Å². The van der Waals surface area contributed by atoms with E-state index < -0.39 is 0 Å². The maximum Gasteiger partial charge on any atom is 0.222 e. The first-order valence-corrected chi connectivity index (χ1v) is 8.66. The summed E-state index contributed by atoms with van der Waals surface area (Å²) < 4.78 is 7.16. The van der Waals surface area contributed by atoms with Crippen molar-refractivity contribution in [2.75, 3.05) is 12.4 Å². The Balaban J connectivity index is 1.72. The van der Waals surface area contributed by atoms with Crippen LogP contribution in [0.3, 0.4) is 0 Å². The third-order valence-electron chi connectivity index (χ3n) is 4.47. The molecule has 0 aliphatic carbocycles. The van der Waals surface area contributed by atoms with Gasteiger partial charge in [-0.25, -0.2) is 4.68 Å². The summed E-state index contributed by atoms with van der Waals surface area (Å²) in [6, 6.07) is 13.7. The standard InChI is InChI=1S/C18H16Cl2N4O/c1-25-13-5-2-11(3-6-13)17-9-16(23-18-21-10-22-24(17)18)14-7-4-12(19)8-15(14)20/h2-8,10,16-17H,9H2,1H3,(H,21,22,23)/t16-,17+/m0/s1. The van der Waals surface area contributed by atoms with Crippen molar-refractivity contribution < 1.29 is 4.74 Å². The van der Waals surface area contributed by atoms with Gasteiger partial charge in [-0.05, 0) is 41.8 Å². The second-order valence-corrected chi connectivity index (χ2v) is 6.76. The molecule has 1 aromatic heterocycles. The van der Waals surface area contributed by atoms with Crippen molar-refractivity contribution in [1.82, 2.24) is 14.8 Å². The lowest BCUT2D eigenvalue weighted by Gasteiger charge is -2.32. The molecule has 2 heterocycles. The Morgan fingerprint density at radius 2 is 1.96 bits per heavy atom. The van der Waals surface area contributed by atoms with Crippen LogP contribution in [0.5, 0.6) is 5.75 Å². The van der Waals surface area contributed by atoms with Gasteiger partial charge >= 0.3 is 0 Å². The van der Waals surface area contributed by atoms with Crippen LogP contribution in [-0.4, -0.2) is 21.9 Å². The zero-order valence-corrected chi connectivity index (χ0v) is 15.0. The van der Waals surface area contributed by atoms with Crippen molar-refractivity contribution in [3.05, 3.63) is 70.0 Å². The van der Waals surface area contributed by atoms with E-state index in [0.29, 0.717) is 10.0 Å². The summed E-state index contributed by atoms with van der Waals surface area (Å²) in [5, 5.41) is 9.06. The highest BCUT2D eigenvalue weighted by molar-refractivity contribution is 6.35. The number of fused-ring (bicyclic) bond motifs is 1. The van der Waals surface area contributed by atoms with Crippen molar-refractivity contribution in [3.8, 4) is 5.75 Å². The van der Waals surface area contributed by atoms with E-state index in [1.807, 2.05) is 28.9 Å². The van der Waals surface area contributed by atoms with Crippen molar-refractivity contribution in [2.24, 2.45) is 0 Å². The highest BCUT2D eigenvalue weighted by Crippen LogP contribution is 2.40. The number of ether oxygens (including phenoxy) is 1. The molecule has 0 saturated carbocycles. The van der Waals surface area contributed by atoms with Crippen LogP contribution in [0.2, 0.25) is 10.0 Å². The van der Waals surface area contributed by atoms with E-state index in [0.717, 1.165) is 29.2 Å². The molecule has 0 fully saturated rings. The molecule has 4 rings (SSSR count). The minimum Gasteiger partial charge on any atom is -0.497 e. The highest BCUT2D eigenvalue weighted by atomic mass is 35.5. The third-order valence-corrected chi connectivity index (χ3v) is 5.03. The Hall–Kier alpha value is -2.24.